The molecule has 0 spiro atoms. The van der Waals surface area contributed by atoms with Gasteiger partial charge < -0.3 is 14.2 Å². The predicted octanol–water partition coefficient (Wildman–Crippen LogP) is 2.39. The third-order valence-corrected chi connectivity index (χ3v) is 6.36. The van der Waals surface area contributed by atoms with Gasteiger partial charge in [0.2, 0.25) is 0 Å². The Kier molecular flexibility index (Phi) is 3.47. The van der Waals surface area contributed by atoms with Crippen molar-refractivity contribution in [2.45, 2.75) is 25.5 Å². The van der Waals surface area contributed by atoms with Crippen LogP contribution in [-0.2, 0) is 13.2 Å². The summed E-state index contributed by atoms with van der Waals surface area (Å²) in [7, 11) is 0. The van der Waals surface area contributed by atoms with E-state index in [9.17, 15) is 9.59 Å². The fourth-order valence-electron chi connectivity index (χ4n) is 5.06. The number of hydrogen-bond donors (Lipinski definition) is 1. The van der Waals surface area contributed by atoms with Crippen LogP contribution in [0.3, 0.4) is 0 Å². The van der Waals surface area contributed by atoms with Crippen molar-refractivity contribution in [3.63, 3.8) is 0 Å². The molecule has 6 rings (SSSR count). The predicted molar refractivity (Wildman–Crippen MR) is 106 cm³/mol. The van der Waals surface area contributed by atoms with Crippen LogP contribution in [0.5, 0.6) is 5.75 Å². The molecular formula is C22H20N4O3. The van der Waals surface area contributed by atoms with Crippen LogP contribution in [0.25, 0.3) is 11.3 Å². The average Bonchev–Trinajstić information content (AvgIpc) is 3.18. The second-order valence-corrected chi connectivity index (χ2v) is 8.12. The second-order valence-electron chi connectivity index (χ2n) is 8.12. The van der Waals surface area contributed by atoms with Crippen LogP contribution in [0.1, 0.15) is 34.1 Å². The Labute approximate surface area is 166 Å². The summed E-state index contributed by atoms with van der Waals surface area (Å²) < 4.78 is 7.73. The minimum Gasteiger partial charge on any atom is -0.488 e. The lowest BCUT2D eigenvalue weighted by atomic mass is 9.83. The normalized spacial score (nSPS) is 21.6. The molecule has 0 aliphatic carbocycles. The fraction of sp³-hybridized carbons (Fsp3) is 0.318. The number of nitrogens with one attached hydrogen (secondary N) is 1. The molecule has 29 heavy (non-hydrogen) atoms. The topological polar surface area (TPSA) is 80.2 Å². The smallest absolute Gasteiger partial charge is 0.272 e. The lowest BCUT2D eigenvalue weighted by Gasteiger charge is -2.42. The first-order valence-corrected chi connectivity index (χ1v) is 9.97. The van der Waals surface area contributed by atoms with Gasteiger partial charge in [0.05, 0.1) is 0 Å². The maximum atomic E-state index is 13.4. The van der Waals surface area contributed by atoms with Crippen molar-refractivity contribution >= 4 is 5.91 Å². The van der Waals surface area contributed by atoms with Gasteiger partial charge in [0.1, 0.15) is 23.7 Å². The quantitative estimate of drug-likeness (QED) is 0.694. The molecular weight excluding hydrogens is 368 g/mol. The zero-order chi connectivity index (χ0) is 19.5. The summed E-state index contributed by atoms with van der Waals surface area (Å²) in [5.74, 6) is 1.24. The number of fused-ring (bicyclic) bond motifs is 7. The van der Waals surface area contributed by atoms with Gasteiger partial charge in [-0.05, 0) is 30.5 Å². The van der Waals surface area contributed by atoms with Gasteiger partial charge in [-0.2, -0.15) is 5.10 Å². The molecule has 3 aliphatic heterocycles. The standard InChI is InChI=1S/C22H20N4O3/c27-19-7-3-5-17-14-8-13(10-26(17)19)9-25(11-14)22(28)21-16-12-29-18-6-2-1-4-15(18)20(16)23-24-21/h1-7,13-14H,8-12H2,(H,23,24)/t13-,14+/m1/s1. The molecule has 146 valence electrons. The number of benzene rings is 1. The van der Waals surface area contributed by atoms with Crippen LogP contribution in [0.2, 0.25) is 0 Å². The van der Waals surface area contributed by atoms with Crippen LogP contribution >= 0.6 is 0 Å². The number of H-pyrrole nitrogens is 1. The summed E-state index contributed by atoms with van der Waals surface area (Å²) in [5.41, 5.74) is 4.13. The van der Waals surface area contributed by atoms with Crippen molar-refractivity contribution < 1.29 is 9.53 Å². The van der Waals surface area contributed by atoms with E-state index in [-0.39, 0.29) is 17.4 Å². The number of aromatic nitrogens is 3. The third-order valence-electron chi connectivity index (χ3n) is 6.36. The van der Waals surface area contributed by atoms with E-state index in [2.05, 4.69) is 10.2 Å². The number of ether oxygens (including phenoxy) is 1. The van der Waals surface area contributed by atoms with E-state index < -0.39 is 0 Å². The van der Waals surface area contributed by atoms with Crippen LogP contribution in [0.15, 0.2) is 47.3 Å². The molecule has 1 saturated heterocycles. The minimum absolute atomic E-state index is 0.0387. The van der Waals surface area contributed by atoms with Gasteiger partial charge in [0.15, 0.2) is 0 Å². The van der Waals surface area contributed by atoms with E-state index >= 15 is 0 Å². The van der Waals surface area contributed by atoms with E-state index in [1.165, 1.54) is 0 Å². The van der Waals surface area contributed by atoms with Gasteiger partial charge in [0, 0.05) is 48.4 Å². The molecule has 2 atom stereocenters. The molecule has 1 N–H and O–H groups in total. The summed E-state index contributed by atoms with van der Waals surface area (Å²) in [6.45, 7) is 2.28. The summed E-state index contributed by atoms with van der Waals surface area (Å²) in [6, 6.07) is 13.2. The highest BCUT2D eigenvalue weighted by atomic mass is 16.5. The van der Waals surface area contributed by atoms with Crippen LogP contribution < -0.4 is 10.3 Å². The molecule has 0 unspecified atom stereocenters. The molecule has 1 aromatic carbocycles. The van der Waals surface area contributed by atoms with Gasteiger partial charge >= 0.3 is 0 Å². The van der Waals surface area contributed by atoms with Gasteiger partial charge in [-0.15, -0.1) is 0 Å². The zero-order valence-corrected chi connectivity index (χ0v) is 15.8. The highest BCUT2D eigenvalue weighted by Crippen LogP contribution is 2.39. The van der Waals surface area contributed by atoms with Crippen molar-refractivity contribution in [3.8, 4) is 17.0 Å². The molecule has 2 aromatic heterocycles. The largest absolute Gasteiger partial charge is 0.488 e. The third kappa shape index (κ3) is 2.46. The second kappa shape index (κ2) is 6.07. The van der Waals surface area contributed by atoms with Crippen LogP contribution in [0.4, 0.5) is 0 Å². The van der Waals surface area contributed by atoms with E-state index in [0.29, 0.717) is 37.9 Å². The monoisotopic (exact) mass is 388 g/mol. The Balaban J connectivity index is 1.33. The van der Waals surface area contributed by atoms with Crippen molar-refractivity contribution in [1.29, 1.82) is 0 Å². The Hall–Kier alpha value is -3.35. The number of amides is 1. The molecule has 0 saturated carbocycles. The number of rotatable bonds is 1. The number of carbonyl (C=O) groups excluding carboxylic acids is 1. The molecule has 5 heterocycles. The van der Waals surface area contributed by atoms with Crippen molar-refractivity contribution in [3.05, 3.63) is 69.8 Å². The molecule has 2 bridgehead atoms. The van der Waals surface area contributed by atoms with E-state index in [1.807, 2.05) is 45.9 Å². The van der Waals surface area contributed by atoms with E-state index in [1.54, 1.807) is 6.07 Å². The summed E-state index contributed by atoms with van der Waals surface area (Å²) in [4.78, 5) is 27.5. The first-order chi connectivity index (χ1) is 14.2. The number of carbonyl (C=O) groups is 1. The molecule has 1 fully saturated rings. The fourth-order valence-corrected chi connectivity index (χ4v) is 5.06. The SMILES string of the molecule is O=C(c1[nH]nc2c1COc1ccccc1-2)N1C[C@H]2C[C@@H](C1)c1cccc(=O)n1C2. The first kappa shape index (κ1) is 16.6. The molecule has 3 aliphatic rings. The Morgan fingerprint density at radius 1 is 1.10 bits per heavy atom. The highest BCUT2D eigenvalue weighted by molar-refractivity contribution is 5.96. The lowest BCUT2D eigenvalue weighted by molar-refractivity contribution is 0.0586. The number of hydrogen-bond acceptors (Lipinski definition) is 4. The highest BCUT2D eigenvalue weighted by Gasteiger charge is 2.38. The van der Waals surface area contributed by atoms with Gasteiger partial charge in [-0.25, -0.2) is 0 Å². The average molecular weight is 388 g/mol. The molecule has 0 radical (unpaired) electrons. The molecule has 7 heteroatoms. The van der Waals surface area contributed by atoms with E-state index in [0.717, 1.165) is 34.7 Å². The first-order valence-electron chi connectivity index (χ1n) is 9.97. The van der Waals surface area contributed by atoms with Gasteiger partial charge in [-0.3, -0.25) is 14.7 Å². The molecule has 7 nitrogen and oxygen atoms in total. The van der Waals surface area contributed by atoms with E-state index in [4.69, 9.17) is 4.74 Å². The van der Waals surface area contributed by atoms with Crippen molar-refractivity contribution in [1.82, 2.24) is 19.7 Å². The Morgan fingerprint density at radius 2 is 2.00 bits per heavy atom. The maximum Gasteiger partial charge on any atom is 0.272 e. The van der Waals surface area contributed by atoms with Gasteiger partial charge in [0.25, 0.3) is 11.5 Å². The van der Waals surface area contributed by atoms with Crippen molar-refractivity contribution in [2.75, 3.05) is 13.1 Å². The van der Waals surface area contributed by atoms with Crippen molar-refractivity contribution in [2.24, 2.45) is 5.92 Å². The molecule has 1 amide bonds. The number of para-hydroxylation sites is 1. The Morgan fingerprint density at radius 3 is 2.93 bits per heavy atom. The number of likely N-dealkylation sites (tertiary alicyclic amines) is 1. The molecule has 3 aromatic rings. The number of nitrogens with zero attached hydrogens (tertiary/aromatic N) is 3. The van der Waals surface area contributed by atoms with Crippen LogP contribution in [0, 0.1) is 5.92 Å². The van der Waals surface area contributed by atoms with Crippen LogP contribution in [-0.4, -0.2) is 38.7 Å². The minimum atomic E-state index is -0.0387. The maximum absolute atomic E-state index is 13.4. The zero-order valence-electron chi connectivity index (χ0n) is 15.8. The summed E-state index contributed by atoms with van der Waals surface area (Å²) in [6.07, 6.45) is 1.02. The number of aromatic amines is 1. The Bertz CT molecular complexity index is 1190. The summed E-state index contributed by atoms with van der Waals surface area (Å²) in [5, 5.41) is 7.41. The van der Waals surface area contributed by atoms with Gasteiger partial charge in [-0.1, -0.05) is 18.2 Å². The number of pyridine rings is 1. The number of piperidine rings is 1. The summed E-state index contributed by atoms with van der Waals surface area (Å²) >= 11 is 0. The lowest BCUT2D eigenvalue weighted by Crippen LogP contribution is -2.49.